The van der Waals surface area contributed by atoms with E-state index >= 15 is 0 Å². The zero-order valence-corrected chi connectivity index (χ0v) is 12.6. The number of hydrogen-bond acceptors (Lipinski definition) is 5. The molecule has 1 aliphatic heterocycles. The van der Waals surface area contributed by atoms with Gasteiger partial charge in [-0.1, -0.05) is 24.9 Å². The van der Waals surface area contributed by atoms with Gasteiger partial charge in [0.05, 0.1) is 21.2 Å². The van der Waals surface area contributed by atoms with Crippen LogP contribution in [0, 0.1) is 0 Å². The molecule has 2 rings (SSSR count). The summed E-state index contributed by atoms with van der Waals surface area (Å²) in [6.45, 7) is 2.86. The molecule has 0 bridgehead atoms. The summed E-state index contributed by atoms with van der Waals surface area (Å²) in [5.41, 5.74) is 0.631. The van der Waals surface area contributed by atoms with Gasteiger partial charge in [-0.3, -0.25) is 0 Å². The van der Waals surface area contributed by atoms with Crippen molar-refractivity contribution in [3.8, 4) is 0 Å². The molecule has 112 valence electrons. The van der Waals surface area contributed by atoms with Gasteiger partial charge < -0.3 is 10.4 Å². The Balaban J connectivity index is 2.37. The summed E-state index contributed by atoms with van der Waals surface area (Å²) in [4.78, 5) is 11.6. The first-order valence-corrected chi connectivity index (χ1v) is 8.11. The second-order valence-corrected chi connectivity index (χ2v) is 6.70. The molecule has 0 radical (unpaired) electrons. The number of unbranched alkanes of at least 4 members (excludes halogenated alkanes) is 1. The van der Waals surface area contributed by atoms with Crippen molar-refractivity contribution in [1.29, 1.82) is 0 Å². The number of carboxylic acids is 1. The highest BCUT2D eigenvalue weighted by molar-refractivity contribution is 8.24. The van der Waals surface area contributed by atoms with Crippen LogP contribution in [0.2, 0.25) is 5.02 Å². The lowest BCUT2D eigenvalue weighted by atomic mass is 10.2. The molecule has 0 saturated carbocycles. The van der Waals surface area contributed by atoms with Crippen molar-refractivity contribution in [2.24, 2.45) is 5.14 Å². The molecule has 1 aliphatic rings. The summed E-state index contributed by atoms with van der Waals surface area (Å²) in [6.07, 6.45) is 1.98. The SMILES string of the molecule is CCCCNc1cc(C(=O)O)cc(S2(N)OCO2)c1Cl. The number of anilines is 1. The van der Waals surface area contributed by atoms with Crippen LogP contribution in [0.25, 0.3) is 0 Å². The second kappa shape index (κ2) is 6.19. The molecule has 0 unspecified atom stereocenters. The molecule has 1 heterocycles. The van der Waals surface area contributed by atoms with Gasteiger partial charge in [0.2, 0.25) is 0 Å². The van der Waals surface area contributed by atoms with Gasteiger partial charge in [0.15, 0.2) is 6.79 Å². The molecule has 1 fully saturated rings. The fourth-order valence-corrected chi connectivity index (χ4v) is 3.44. The predicted octanol–water partition coefficient (Wildman–Crippen LogP) is 3.12. The van der Waals surface area contributed by atoms with Gasteiger partial charge in [-0.15, -0.1) is 10.8 Å². The van der Waals surface area contributed by atoms with Crippen LogP contribution in [0.4, 0.5) is 5.69 Å². The minimum atomic E-state index is -2.39. The number of aromatic carboxylic acids is 1. The van der Waals surface area contributed by atoms with Crippen LogP contribution in [0.5, 0.6) is 0 Å². The molecule has 0 aromatic heterocycles. The van der Waals surface area contributed by atoms with Gasteiger partial charge >= 0.3 is 5.97 Å². The van der Waals surface area contributed by atoms with Crippen molar-refractivity contribution in [2.75, 3.05) is 18.7 Å². The van der Waals surface area contributed by atoms with Crippen molar-refractivity contribution >= 4 is 34.0 Å². The second-order valence-electron chi connectivity index (χ2n) is 4.32. The molecule has 0 atom stereocenters. The zero-order chi connectivity index (χ0) is 14.8. The number of hydrogen-bond donors (Lipinski definition) is 3. The molecule has 0 aliphatic carbocycles. The largest absolute Gasteiger partial charge is 0.478 e. The summed E-state index contributed by atoms with van der Waals surface area (Å²) >= 11 is 6.29. The molecule has 1 aromatic carbocycles. The molecule has 1 aromatic rings. The lowest BCUT2D eigenvalue weighted by Crippen LogP contribution is -2.29. The Morgan fingerprint density at radius 1 is 1.55 bits per heavy atom. The third-order valence-electron chi connectivity index (χ3n) is 2.88. The zero-order valence-electron chi connectivity index (χ0n) is 11.0. The Kier molecular flexibility index (Phi) is 4.77. The number of nitrogens with two attached hydrogens (primary N) is 1. The molecule has 0 amide bonds. The van der Waals surface area contributed by atoms with E-state index in [9.17, 15) is 4.79 Å². The average Bonchev–Trinajstić information content (AvgIpc) is 2.38. The number of nitrogens with one attached hydrogen (secondary N) is 1. The molecular weight excluding hydrogens is 304 g/mol. The van der Waals surface area contributed by atoms with E-state index in [1.165, 1.54) is 12.1 Å². The smallest absolute Gasteiger partial charge is 0.335 e. The number of rotatable bonds is 6. The Hall–Kier alpha value is -0.990. The standard InChI is InChI=1S/C12H17ClN2O4S/c1-2-3-4-15-9-5-8(12(16)17)6-10(11(9)13)20(14)18-7-19-20/h5-6,15H,2-4,7,14H2,1H3,(H,16,17). The fraction of sp³-hybridized carbons (Fsp3) is 0.417. The molecule has 6 nitrogen and oxygen atoms in total. The maximum atomic E-state index is 11.2. The van der Waals surface area contributed by atoms with Crippen LogP contribution in [0.15, 0.2) is 17.0 Å². The Morgan fingerprint density at radius 2 is 2.25 bits per heavy atom. The first kappa shape index (κ1) is 15.4. The van der Waals surface area contributed by atoms with Crippen LogP contribution in [0.3, 0.4) is 0 Å². The van der Waals surface area contributed by atoms with Crippen molar-refractivity contribution in [3.05, 3.63) is 22.7 Å². The minimum Gasteiger partial charge on any atom is -0.478 e. The fourth-order valence-electron chi connectivity index (χ4n) is 1.74. The van der Waals surface area contributed by atoms with Gasteiger partial charge in [-0.25, -0.2) is 18.3 Å². The van der Waals surface area contributed by atoms with E-state index in [1.807, 2.05) is 0 Å². The normalized spacial score (nSPS) is 18.1. The van der Waals surface area contributed by atoms with Crippen LogP contribution >= 0.6 is 22.4 Å². The minimum absolute atomic E-state index is 0.0953. The highest BCUT2D eigenvalue weighted by Crippen LogP contribution is 2.60. The summed E-state index contributed by atoms with van der Waals surface area (Å²) in [7, 11) is -2.39. The van der Waals surface area contributed by atoms with E-state index in [-0.39, 0.29) is 12.4 Å². The maximum absolute atomic E-state index is 11.2. The van der Waals surface area contributed by atoms with Crippen LogP contribution in [-0.2, 0) is 8.37 Å². The quantitative estimate of drug-likeness (QED) is 0.697. The van der Waals surface area contributed by atoms with Crippen molar-refractivity contribution in [1.82, 2.24) is 0 Å². The van der Waals surface area contributed by atoms with Crippen LogP contribution in [-0.4, -0.2) is 24.4 Å². The lowest BCUT2D eigenvalue weighted by Gasteiger charge is -2.46. The van der Waals surface area contributed by atoms with E-state index in [1.54, 1.807) is 0 Å². The van der Waals surface area contributed by atoms with E-state index < -0.39 is 16.7 Å². The van der Waals surface area contributed by atoms with E-state index in [0.717, 1.165) is 12.8 Å². The monoisotopic (exact) mass is 320 g/mol. The summed E-state index contributed by atoms with van der Waals surface area (Å²) in [6, 6.07) is 2.90. The summed E-state index contributed by atoms with van der Waals surface area (Å²) in [5.74, 6) is -1.05. The lowest BCUT2D eigenvalue weighted by molar-refractivity contribution is 0.0463. The van der Waals surface area contributed by atoms with E-state index in [2.05, 4.69) is 12.2 Å². The number of halogens is 1. The topological polar surface area (TPSA) is 93.8 Å². The molecular formula is C12H17ClN2O4S. The van der Waals surface area contributed by atoms with Crippen LogP contribution in [0.1, 0.15) is 30.1 Å². The summed E-state index contributed by atoms with van der Waals surface area (Å²) < 4.78 is 10.5. The predicted molar refractivity (Wildman–Crippen MR) is 78.9 cm³/mol. The first-order valence-electron chi connectivity index (χ1n) is 6.18. The van der Waals surface area contributed by atoms with Gasteiger partial charge in [0.1, 0.15) is 0 Å². The van der Waals surface area contributed by atoms with Gasteiger partial charge in [-0.2, -0.15) is 0 Å². The highest BCUT2D eigenvalue weighted by atomic mass is 35.5. The molecule has 20 heavy (non-hydrogen) atoms. The van der Waals surface area contributed by atoms with E-state index in [4.69, 9.17) is 30.2 Å². The third-order valence-corrected chi connectivity index (χ3v) is 5.23. The highest BCUT2D eigenvalue weighted by Gasteiger charge is 2.32. The van der Waals surface area contributed by atoms with Gasteiger partial charge in [0, 0.05) is 6.54 Å². The number of carbonyl (C=O) groups is 1. The third kappa shape index (κ3) is 3.02. The van der Waals surface area contributed by atoms with Gasteiger partial charge in [-0.05, 0) is 18.6 Å². The number of carboxylic acid groups (broad SMARTS) is 1. The molecule has 8 heteroatoms. The first-order chi connectivity index (χ1) is 9.48. The molecule has 4 N–H and O–H groups in total. The van der Waals surface area contributed by atoms with Crippen LogP contribution < -0.4 is 10.5 Å². The molecule has 1 saturated heterocycles. The van der Waals surface area contributed by atoms with E-state index in [0.29, 0.717) is 22.2 Å². The molecule has 0 spiro atoms. The Morgan fingerprint density at radius 3 is 2.75 bits per heavy atom. The number of benzene rings is 1. The van der Waals surface area contributed by atoms with Crippen molar-refractivity contribution < 1.29 is 18.3 Å². The summed E-state index contributed by atoms with van der Waals surface area (Å²) in [5, 5.41) is 18.6. The van der Waals surface area contributed by atoms with Gasteiger partial charge in [0.25, 0.3) is 0 Å². The Labute approximate surface area is 124 Å². The Bertz CT molecular complexity index is 522. The van der Waals surface area contributed by atoms with Crippen molar-refractivity contribution in [2.45, 2.75) is 24.7 Å². The maximum Gasteiger partial charge on any atom is 0.335 e. The average molecular weight is 321 g/mol. The van der Waals surface area contributed by atoms with Crippen molar-refractivity contribution in [3.63, 3.8) is 0 Å².